The molecule has 3 amide bonds. The van der Waals surface area contributed by atoms with Crippen LogP contribution in [-0.2, 0) is 37.8 Å². The summed E-state index contributed by atoms with van der Waals surface area (Å²) in [5.41, 5.74) is -1.12. The van der Waals surface area contributed by atoms with Gasteiger partial charge in [0.25, 0.3) is 13.7 Å². The Hall–Kier alpha value is -3.50. The molecular formula is C23H35N6O12PS. The third-order valence-electron chi connectivity index (χ3n) is 5.09. The van der Waals surface area contributed by atoms with Gasteiger partial charge in [-0.15, -0.1) is 6.42 Å². The molecule has 1 unspecified atom stereocenters. The number of phosphoric ester groups is 1. The number of terminal acetylenes is 1. The number of quaternary nitrogens is 1. The molecule has 20 heteroatoms. The van der Waals surface area contributed by atoms with Crippen LogP contribution in [0.1, 0.15) is 10.4 Å². The van der Waals surface area contributed by atoms with Crippen molar-refractivity contribution < 1.29 is 55.5 Å². The summed E-state index contributed by atoms with van der Waals surface area (Å²) in [6.07, 6.45) is 6.88. The highest BCUT2D eigenvalue weighted by atomic mass is 32.2. The van der Waals surface area contributed by atoms with Crippen molar-refractivity contribution in [1.29, 1.82) is 0 Å². The number of likely N-dealkylation sites (N-methyl/N-ethyl adjacent to an activating group) is 1. The molecule has 43 heavy (non-hydrogen) atoms. The maximum atomic E-state index is 12.4. The highest BCUT2D eigenvalue weighted by molar-refractivity contribution is 7.90. The third kappa shape index (κ3) is 15.0. The maximum Gasteiger partial charge on any atom is 0.307 e. The zero-order valence-corrected chi connectivity index (χ0v) is 25.9. The number of pyridine rings is 1. The number of nitrogens with zero attached hydrogens (tertiary/aromatic N) is 4. The summed E-state index contributed by atoms with van der Waals surface area (Å²) in [5.74, 6) is 0.193. The summed E-state index contributed by atoms with van der Waals surface area (Å²) >= 11 is 0. The van der Waals surface area contributed by atoms with Gasteiger partial charge in [0.2, 0.25) is 16.8 Å². The van der Waals surface area contributed by atoms with Gasteiger partial charge in [-0.2, -0.15) is 0 Å². The van der Waals surface area contributed by atoms with Crippen molar-refractivity contribution in [3.05, 3.63) is 27.9 Å². The van der Waals surface area contributed by atoms with Crippen LogP contribution in [0.25, 0.3) is 0 Å². The molecule has 240 valence electrons. The number of phosphoric acid groups is 1. The van der Waals surface area contributed by atoms with Gasteiger partial charge in [-0.05, 0) is 0 Å². The Bertz CT molecular complexity index is 1360. The van der Waals surface area contributed by atoms with E-state index in [0.29, 0.717) is 11.0 Å². The average molecular weight is 651 g/mol. The summed E-state index contributed by atoms with van der Waals surface area (Å²) in [4.78, 5) is 63.2. The first kappa shape index (κ1) is 37.5. The minimum Gasteiger partial charge on any atom is -0.756 e. The zero-order valence-electron chi connectivity index (χ0n) is 24.1. The fourth-order valence-electron chi connectivity index (χ4n) is 2.96. The molecule has 0 spiro atoms. The summed E-state index contributed by atoms with van der Waals surface area (Å²) in [6, 6.07) is 0.776. The van der Waals surface area contributed by atoms with E-state index in [1.165, 1.54) is 0 Å². The summed E-state index contributed by atoms with van der Waals surface area (Å²) in [6.45, 7) is -1.68. The largest absolute Gasteiger partial charge is 0.756 e. The molecule has 0 radical (unpaired) electrons. The predicted octanol–water partition coefficient (Wildman–Crippen LogP) is -2.07. The van der Waals surface area contributed by atoms with Gasteiger partial charge in [0.15, 0.2) is 9.84 Å². The first-order valence-electron chi connectivity index (χ1n) is 12.5. The Balaban J connectivity index is 2.42. The Morgan fingerprint density at radius 3 is 2.37 bits per heavy atom. The molecule has 0 saturated carbocycles. The Morgan fingerprint density at radius 1 is 1.16 bits per heavy atom. The predicted molar refractivity (Wildman–Crippen MR) is 148 cm³/mol. The van der Waals surface area contributed by atoms with Gasteiger partial charge in [-0.25, -0.2) is 13.4 Å². The van der Waals surface area contributed by atoms with E-state index in [4.69, 9.17) is 20.2 Å². The van der Waals surface area contributed by atoms with E-state index in [1.54, 1.807) is 0 Å². The lowest BCUT2D eigenvalue weighted by atomic mass is 10.2. The molecule has 18 nitrogen and oxygen atoms in total. The monoisotopic (exact) mass is 650 g/mol. The number of carbonyl (C=O) groups excluding carboxylic acids is 3. The second-order valence-electron chi connectivity index (χ2n) is 9.82. The molecule has 1 rings (SSSR count). The number of sulfone groups is 1. The van der Waals surface area contributed by atoms with Crippen molar-refractivity contribution in [2.75, 3.05) is 86.6 Å². The summed E-state index contributed by atoms with van der Waals surface area (Å²) in [5, 5.41) is 15.2. The number of ether oxygens (including phenoxy) is 1. The van der Waals surface area contributed by atoms with Crippen LogP contribution in [0.15, 0.2) is 17.3 Å². The molecule has 1 atom stereocenters. The molecule has 0 aromatic carbocycles. The number of aromatic nitrogens is 1. The Labute approximate surface area is 248 Å². The Morgan fingerprint density at radius 2 is 1.79 bits per heavy atom. The van der Waals surface area contributed by atoms with Gasteiger partial charge in [-0.1, -0.05) is 5.92 Å². The van der Waals surface area contributed by atoms with Crippen LogP contribution >= 0.6 is 7.82 Å². The topological polar surface area (TPSA) is 236 Å². The second kappa shape index (κ2) is 17.0. The number of amides is 3. The summed E-state index contributed by atoms with van der Waals surface area (Å²) in [7, 11) is -3.00. The van der Waals surface area contributed by atoms with E-state index in [9.17, 15) is 42.4 Å². The molecular weight excluding hydrogens is 615 g/mol. The molecule has 0 aliphatic heterocycles. The van der Waals surface area contributed by atoms with Crippen LogP contribution < -0.4 is 15.5 Å². The molecule has 0 aliphatic rings. The van der Waals surface area contributed by atoms with Crippen LogP contribution in [-0.4, -0.2) is 132 Å². The molecule has 1 heterocycles. The minimum atomic E-state index is -4.58. The fourth-order valence-corrected chi connectivity index (χ4v) is 4.41. The summed E-state index contributed by atoms with van der Waals surface area (Å²) < 4.78 is 50.3. The molecule has 1 aromatic rings. The molecule has 0 aliphatic carbocycles. The fraction of sp³-hybridized carbons (Fsp3) is 0.565. The lowest BCUT2D eigenvalue weighted by molar-refractivity contribution is -0.870. The zero-order chi connectivity index (χ0) is 32.8. The minimum absolute atomic E-state index is 0.0779. The average Bonchev–Trinajstić information content (AvgIpc) is 2.88. The van der Waals surface area contributed by atoms with Crippen LogP contribution in [0, 0.1) is 22.5 Å². The SMILES string of the molecule is C#CCN(CCOP(=O)([O-])OCC[N+](C)(C)C)C(=O)COCC(=O)NCCNC(=O)c1cnc(S(C)(=O)=O)c([N+](=O)[O-])c1. The van der Waals surface area contributed by atoms with E-state index >= 15 is 0 Å². The van der Waals surface area contributed by atoms with E-state index in [1.807, 2.05) is 21.1 Å². The van der Waals surface area contributed by atoms with Gasteiger partial charge in [0.1, 0.15) is 26.4 Å². The Kier molecular flexibility index (Phi) is 14.8. The van der Waals surface area contributed by atoms with E-state index in [2.05, 4.69) is 21.5 Å². The van der Waals surface area contributed by atoms with Crippen LogP contribution in [0.4, 0.5) is 5.69 Å². The second-order valence-corrected chi connectivity index (χ2v) is 13.2. The highest BCUT2D eigenvalue weighted by Crippen LogP contribution is 2.37. The molecule has 1 aromatic heterocycles. The lowest BCUT2D eigenvalue weighted by Crippen LogP contribution is -2.39. The van der Waals surface area contributed by atoms with E-state index in [-0.39, 0.29) is 38.3 Å². The normalized spacial score (nSPS) is 12.9. The van der Waals surface area contributed by atoms with Gasteiger partial charge < -0.3 is 38.7 Å². The van der Waals surface area contributed by atoms with Crippen LogP contribution in [0.3, 0.4) is 0 Å². The van der Waals surface area contributed by atoms with Gasteiger partial charge in [0, 0.05) is 38.2 Å². The number of hydrogen-bond acceptors (Lipinski definition) is 13. The molecule has 0 fully saturated rings. The quantitative estimate of drug-likeness (QED) is 0.0409. The first-order valence-corrected chi connectivity index (χ1v) is 15.8. The molecule has 2 N–H and O–H groups in total. The molecule has 0 saturated heterocycles. The third-order valence-corrected chi connectivity index (χ3v) is 7.11. The van der Waals surface area contributed by atoms with E-state index < -0.39 is 70.8 Å². The van der Waals surface area contributed by atoms with Crippen LogP contribution in [0.2, 0.25) is 0 Å². The van der Waals surface area contributed by atoms with Crippen molar-refractivity contribution in [2.24, 2.45) is 0 Å². The van der Waals surface area contributed by atoms with Gasteiger partial charge in [-0.3, -0.25) is 29.1 Å². The first-order chi connectivity index (χ1) is 19.9. The standard InChI is InChI=1S/C23H35N6O12PS/c1-6-9-27(10-12-40-42(35,36)41-13-11-29(2,3)4)21(31)17-39-16-20(30)24-7-8-25-22(32)18-14-19(28(33)34)23(26-15-18)43(5,37)38/h1,14-15H,7-13,16-17H2,2-5H3,(H2-,24,25,30,32,35,36). The van der Waals surface area contributed by atoms with Crippen molar-refractivity contribution in [3.63, 3.8) is 0 Å². The van der Waals surface area contributed by atoms with Gasteiger partial charge in [0.05, 0.1) is 44.8 Å². The number of nitro groups is 1. The van der Waals surface area contributed by atoms with Gasteiger partial charge >= 0.3 is 5.69 Å². The number of hydrogen-bond donors (Lipinski definition) is 2. The van der Waals surface area contributed by atoms with Crippen molar-refractivity contribution in [3.8, 4) is 12.3 Å². The van der Waals surface area contributed by atoms with Crippen molar-refractivity contribution in [1.82, 2.24) is 20.5 Å². The van der Waals surface area contributed by atoms with Crippen molar-refractivity contribution in [2.45, 2.75) is 5.03 Å². The number of nitrogens with one attached hydrogen (secondary N) is 2. The smallest absolute Gasteiger partial charge is 0.307 e. The lowest BCUT2D eigenvalue weighted by Gasteiger charge is -2.28. The molecule has 0 bridgehead atoms. The maximum absolute atomic E-state index is 12.4. The van der Waals surface area contributed by atoms with Crippen LogP contribution in [0.5, 0.6) is 0 Å². The number of carbonyl (C=O) groups is 3. The van der Waals surface area contributed by atoms with E-state index in [0.717, 1.165) is 23.4 Å². The number of rotatable bonds is 19. The highest BCUT2D eigenvalue weighted by Gasteiger charge is 2.26. The van der Waals surface area contributed by atoms with Crippen molar-refractivity contribution >= 4 is 41.1 Å².